The van der Waals surface area contributed by atoms with Crippen LogP contribution < -0.4 is 4.74 Å². The Morgan fingerprint density at radius 2 is 1.42 bits per heavy atom. The van der Waals surface area contributed by atoms with Gasteiger partial charge in [0.05, 0.1) is 7.11 Å². The van der Waals surface area contributed by atoms with Gasteiger partial charge in [-0.15, -0.1) is 0 Å². The fourth-order valence-corrected chi connectivity index (χ4v) is 2.41. The number of benzene rings is 2. The van der Waals surface area contributed by atoms with Gasteiger partial charge in [0.1, 0.15) is 5.75 Å². The molecular formula is C20H15NO3. The van der Waals surface area contributed by atoms with Gasteiger partial charge in [0.25, 0.3) is 0 Å². The number of aromatic nitrogens is 1. The quantitative estimate of drug-likeness (QED) is 0.530. The van der Waals surface area contributed by atoms with Gasteiger partial charge in [0, 0.05) is 23.5 Å². The first-order valence-electron chi connectivity index (χ1n) is 7.42. The minimum absolute atomic E-state index is 0.314. The van der Waals surface area contributed by atoms with E-state index < -0.39 is 11.6 Å². The molecule has 1 heterocycles. The number of carbonyl (C=O) groups excluding carboxylic acids is 2. The van der Waals surface area contributed by atoms with Crippen molar-refractivity contribution in [3.05, 3.63) is 84.2 Å². The number of carbonyl (C=O) groups is 2. The number of hydrogen-bond donors (Lipinski definition) is 0. The molecule has 24 heavy (non-hydrogen) atoms. The number of nitrogens with zero attached hydrogens (tertiary/aromatic N) is 1. The summed E-state index contributed by atoms with van der Waals surface area (Å²) < 4.78 is 5.10. The first kappa shape index (κ1) is 15.6. The molecule has 0 aliphatic rings. The van der Waals surface area contributed by atoms with Crippen LogP contribution in [0.5, 0.6) is 5.75 Å². The van der Waals surface area contributed by atoms with Crippen LogP contribution in [0.15, 0.2) is 73.1 Å². The van der Waals surface area contributed by atoms with Crippen molar-refractivity contribution in [3.63, 3.8) is 0 Å². The lowest BCUT2D eigenvalue weighted by Gasteiger charge is -2.06. The molecule has 0 saturated carbocycles. The summed E-state index contributed by atoms with van der Waals surface area (Å²) in [5.74, 6) is -0.556. The minimum Gasteiger partial charge on any atom is -0.497 e. The predicted molar refractivity (Wildman–Crippen MR) is 91.3 cm³/mol. The Hall–Kier alpha value is -3.27. The second kappa shape index (κ2) is 6.87. The minimum atomic E-state index is -0.555. The van der Waals surface area contributed by atoms with E-state index in [2.05, 4.69) is 4.98 Å². The molecule has 0 saturated heterocycles. The summed E-state index contributed by atoms with van der Waals surface area (Å²) in [6.45, 7) is 0. The van der Waals surface area contributed by atoms with Crippen molar-refractivity contribution in [3.8, 4) is 16.9 Å². The molecule has 0 bridgehead atoms. The lowest BCUT2D eigenvalue weighted by Crippen LogP contribution is -2.14. The van der Waals surface area contributed by atoms with Crippen LogP contribution >= 0.6 is 0 Å². The Kier molecular flexibility index (Phi) is 4.47. The molecule has 0 N–H and O–H groups in total. The number of methoxy groups -OCH3 is 1. The highest BCUT2D eigenvalue weighted by molar-refractivity contribution is 6.49. The van der Waals surface area contributed by atoms with Crippen LogP contribution in [0.4, 0.5) is 0 Å². The maximum atomic E-state index is 12.5. The maximum Gasteiger partial charge on any atom is 0.233 e. The number of pyridine rings is 1. The van der Waals surface area contributed by atoms with Crippen LogP contribution in [0.2, 0.25) is 0 Å². The fourth-order valence-electron chi connectivity index (χ4n) is 2.41. The van der Waals surface area contributed by atoms with E-state index in [0.29, 0.717) is 16.9 Å². The van der Waals surface area contributed by atoms with E-state index in [9.17, 15) is 9.59 Å². The zero-order chi connectivity index (χ0) is 16.9. The molecule has 0 aliphatic heterocycles. The van der Waals surface area contributed by atoms with E-state index in [-0.39, 0.29) is 0 Å². The summed E-state index contributed by atoms with van der Waals surface area (Å²) in [5, 5.41) is 0. The van der Waals surface area contributed by atoms with Crippen molar-refractivity contribution in [2.45, 2.75) is 0 Å². The first-order chi connectivity index (χ1) is 11.7. The summed E-state index contributed by atoms with van der Waals surface area (Å²) in [4.78, 5) is 29.0. The van der Waals surface area contributed by atoms with Crippen molar-refractivity contribution in [2.75, 3.05) is 7.11 Å². The lowest BCUT2D eigenvalue weighted by molar-refractivity contribution is 0.0817. The molecule has 0 fully saturated rings. The molecule has 0 amide bonds. The first-order valence-corrected chi connectivity index (χ1v) is 7.42. The van der Waals surface area contributed by atoms with Gasteiger partial charge in [-0.3, -0.25) is 14.6 Å². The van der Waals surface area contributed by atoms with Gasteiger partial charge in [0.2, 0.25) is 11.6 Å². The summed E-state index contributed by atoms with van der Waals surface area (Å²) in [6, 6.07) is 17.3. The zero-order valence-electron chi connectivity index (χ0n) is 13.1. The molecule has 4 heteroatoms. The van der Waals surface area contributed by atoms with Crippen LogP contribution in [0.3, 0.4) is 0 Å². The molecule has 3 rings (SSSR count). The molecule has 0 spiro atoms. The van der Waals surface area contributed by atoms with Crippen molar-refractivity contribution in [2.24, 2.45) is 0 Å². The highest BCUT2D eigenvalue weighted by atomic mass is 16.5. The molecule has 4 nitrogen and oxygen atoms in total. The Bertz CT molecular complexity index is 888. The highest BCUT2D eigenvalue weighted by Crippen LogP contribution is 2.21. The maximum absolute atomic E-state index is 12.5. The Balaban J connectivity index is 1.91. The van der Waals surface area contributed by atoms with Gasteiger partial charge >= 0.3 is 0 Å². The number of rotatable bonds is 5. The Labute approximate surface area is 139 Å². The average Bonchev–Trinajstić information content (AvgIpc) is 2.67. The zero-order valence-corrected chi connectivity index (χ0v) is 13.1. The third kappa shape index (κ3) is 3.22. The van der Waals surface area contributed by atoms with Gasteiger partial charge in [-0.25, -0.2) is 0 Å². The number of ether oxygens (including phenoxy) is 1. The second-order valence-electron chi connectivity index (χ2n) is 5.21. The molecule has 2 aromatic carbocycles. The van der Waals surface area contributed by atoms with E-state index in [1.54, 1.807) is 54.9 Å². The van der Waals surface area contributed by atoms with Crippen LogP contribution in [-0.2, 0) is 0 Å². The SMILES string of the molecule is COc1cccc(C(=O)C(=O)c2cccc(-c3ccncc3)c2)c1. The van der Waals surface area contributed by atoms with Gasteiger partial charge in [0.15, 0.2) is 0 Å². The monoisotopic (exact) mass is 317 g/mol. The number of Topliss-reactive ketones (excluding diaryl/α,β-unsaturated/α-hetero) is 2. The number of ketones is 2. The predicted octanol–water partition coefficient (Wildman–Crippen LogP) is 3.82. The van der Waals surface area contributed by atoms with E-state index in [0.717, 1.165) is 11.1 Å². The topological polar surface area (TPSA) is 56.3 Å². The van der Waals surface area contributed by atoms with Crippen molar-refractivity contribution in [1.29, 1.82) is 0 Å². The van der Waals surface area contributed by atoms with Crippen LogP contribution in [0, 0.1) is 0 Å². The molecule has 0 radical (unpaired) electrons. The van der Waals surface area contributed by atoms with Crippen LogP contribution in [0.1, 0.15) is 20.7 Å². The Morgan fingerprint density at radius 3 is 2.08 bits per heavy atom. The third-order valence-corrected chi connectivity index (χ3v) is 3.68. The van der Waals surface area contributed by atoms with E-state index >= 15 is 0 Å². The molecule has 0 aliphatic carbocycles. The standard InChI is InChI=1S/C20H15NO3/c1-24-18-7-3-6-17(13-18)20(23)19(22)16-5-2-4-15(12-16)14-8-10-21-11-9-14/h2-13H,1H3. The van der Waals surface area contributed by atoms with Crippen molar-refractivity contribution in [1.82, 2.24) is 4.98 Å². The smallest absolute Gasteiger partial charge is 0.233 e. The fraction of sp³-hybridized carbons (Fsp3) is 0.0500. The van der Waals surface area contributed by atoms with Gasteiger partial charge < -0.3 is 4.74 Å². The van der Waals surface area contributed by atoms with Gasteiger partial charge in [-0.05, 0) is 41.5 Å². The lowest BCUT2D eigenvalue weighted by atomic mass is 9.98. The van der Waals surface area contributed by atoms with Gasteiger partial charge in [-0.2, -0.15) is 0 Å². The van der Waals surface area contributed by atoms with Gasteiger partial charge in [-0.1, -0.05) is 30.3 Å². The van der Waals surface area contributed by atoms with Crippen molar-refractivity contribution >= 4 is 11.6 Å². The molecule has 3 aromatic rings. The molecule has 1 aromatic heterocycles. The highest BCUT2D eigenvalue weighted by Gasteiger charge is 2.19. The molecule has 0 unspecified atom stereocenters. The largest absolute Gasteiger partial charge is 0.497 e. The molecule has 0 atom stereocenters. The second-order valence-corrected chi connectivity index (χ2v) is 5.21. The summed E-state index contributed by atoms with van der Waals surface area (Å²) >= 11 is 0. The van der Waals surface area contributed by atoms with Crippen LogP contribution in [-0.4, -0.2) is 23.7 Å². The normalized spacial score (nSPS) is 10.2. The molecular weight excluding hydrogens is 302 g/mol. The Morgan fingerprint density at radius 1 is 0.792 bits per heavy atom. The summed E-state index contributed by atoms with van der Waals surface area (Å²) in [7, 11) is 1.52. The van der Waals surface area contributed by atoms with E-state index in [4.69, 9.17) is 4.74 Å². The summed E-state index contributed by atoms with van der Waals surface area (Å²) in [5.41, 5.74) is 2.47. The average molecular weight is 317 g/mol. The van der Waals surface area contributed by atoms with E-state index in [1.165, 1.54) is 7.11 Å². The van der Waals surface area contributed by atoms with Crippen molar-refractivity contribution < 1.29 is 14.3 Å². The van der Waals surface area contributed by atoms with Crippen LogP contribution in [0.25, 0.3) is 11.1 Å². The molecule has 118 valence electrons. The number of hydrogen-bond acceptors (Lipinski definition) is 4. The van der Waals surface area contributed by atoms with E-state index in [1.807, 2.05) is 18.2 Å². The third-order valence-electron chi connectivity index (χ3n) is 3.68. The summed E-state index contributed by atoms with van der Waals surface area (Å²) in [6.07, 6.45) is 3.37.